The van der Waals surface area contributed by atoms with Gasteiger partial charge in [-0.05, 0) is 41.1 Å². The summed E-state index contributed by atoms with van der Waals surface area (Å²) in [5.41, 5.74) is 3.04. The number of halogens is 2. The van der Waals surface area contributed by atoms with Gasteiger partial charge in [0.15, 0.2) is 0 Å². The Morgan fingerprint density at radius 1 is 1.05 bits per heavy atom. The van der Waals surface area contributed by atoms with Gasteiger partial charge < -0.3 is 15.0 Å². The van der Waals surface area contributed by atoms with Gasteiger partial charge in [-0.1, -0.05) is 72.3 Å². The van der Waals surface area contributed by atoms with E-state index in [1.54, 1.807) is 29.2 Å². The molecule has 3 aromatic carbocycles. The van der Waals surface area contributed by atoms with Crippen LogP contribution in [0.2, 0.25) is 5.02 Å². The van der Waals surface area contributed by atoms with Crippen LogP contribution in [0.3, 0.4) is 0 Å². The van der Waals surface area contributed by atoms with Crippen LogP contribution in [0.5, 0.6) is 5.88 Å². The third-order valence-electron chi connectivity index (χ3n) is 6.05. The molecule has 1 unspecified atom stereocenters. The van der Waals surface area contributed by atoms with E-state index in [0.29, 0.717) is 17.9 Å². The number of aliphatic imine (C=N–C) groups is 1. The summed E-state index contributed by atoms with van der Waals surface area (Å²) in [5.74, 6) is -0.921. The highest BCUT2D eigenvalue weighted by atomic mass is 79.9. The van der Waals surface area contributed by atoms with Crippen molar-refractivity contribution in [3.63, 3.8) is 0 Å². The van der Waals surface area contributed by atoms with Crippen molar-refractivity contribution < 1.29 is 19.1 Å². The van der Waals surface area contributed by atoms with E-state index in [2.05, 4.69) is 41.8 Å². The first-order valence-corrected chi connectivity index (χ1v) is 13.4. The number of fused-ring (bicyclic) bond motifs is 1. The third-order valence-corrected chi connectivity index (χ3v) is 7.11. The minimum atomic E-state index is -1.27. The number of carbonyl (C=O) groups is 3. The van der Waals surface area contributed by atoms with Gasteiger partial charge in [0.1, 0.15) is 10.3 Å². The second kappa shape index (κ2) is 11.7. The third kappa shape index (κ3) is 5.47. The summed E-state index contributed by atoms with van der Waals surface area (Å²) in [5, 5.41) is 12.0. The standard InChI is InChI=1S/C28H22BrClN6O4/c1-2-36-20-15-9-7-13-18(20)22(16-10-4-3-5-11-16)31-24(27(36)38)33-28(39)40-26-21(29)23(34-35-26)32-25(37)17-12-6-8-14-19(17)30/h3-15,24H,2H2,1H3,(H,33,39)(H2,32,34,35,37). The normalized spacial score (nSPS) is 14.6. The van der Waals surface area contributed by atoms with Crippen LogP contribution in [0.1, 0.15) is 28.4 Å². The Labute approximate surface area is 242 Å². The molecule has 0 saturated carbocycles. The molecule has 0 bridgehead atoms. The highest BCUT2D eigenvalue weighted by molar-refractivity contribution is 9.10. The van der Waals surface area contributed by atoms with E-state index in [4.69, 9.17) is 16.3 Å². The number of aromatic amines is 1. The molecule has 12 heteroatoms. The number of rotatable bonds is 6. The minimum Gasteiger partial charge on any atom is -0.388 e. The number of nitrogens with zero attached hydrogens (tertiary/aromatic N) is 3. The Bertz CT molecular complexity index is 1620. The first-order chi connectivity index (χ1) is 19.4. The lowest BCUT2D eigenvalue weighted by Crippen LogP contribution is -2.48. The van der Waals surface area contributed by atoms with Gasteiger partial charge in [-0.3, -0.25) is 20.0 Å². The van der Waals surface area contributed by atoms with Crippen LogP contribution in [-0.2, 0) is 4.79 Å². The molecule has 4 aromatic rings. The van der Waals surface area contributed by atoms with Crippen LogP contribution in [0.15, 0.2) is 88.3 Å². The zero-order valence-corrected chi connectivity index (χ0v) is 23.4. The van der Waals surface area contributed by atoms with Crippen LogP contribution >= 0.6 is 27.5 Å². The molecule has 1 aromatic heterocycles. The summed E-state index contributed by atoms with van der Waals surface area (Å²) in [7, 11) is 0. The van der Waals surface area contributed by atoms with Gasteiger partial charge in [0.2, 0.25) is 6.17 Å². The Kier molecular flexibility index (Phi) is 7.94. The molecular formula is C28H22BrClN6O4. The van der Waals surface area contributed by atoms with E-state index in [1.165, 1.54) is 0 Å². The largest absolute Gasteiger partial charge is 0.416 e. The molecule has 40 heavy (non-hydrogen) atoms. The molecular weight excluding hydrogens is 600 g/mol. The first-order valence-electron chi connectivity index (χ1n) is 12.2. The summed E-state index contributed by atoms with van der Waals surface area (Å²) < 4.78 is 5.55. The molecule has 0 fully saturated rings. The van der Waals surface area contributed by atoms with Gasteiger partial charge in [0, 0.05) is 17.7 Å². The maximum Gasteiger partial charge on any atom is 0.416 e. The van der Waals surface area contributed by atoms with Crippen LogP contribution in [-0.4, -0.2) is 46.5 Å². The lowest BCUT2D eigenvalue weighted by atomic mass is 10.0. The van der Waals surface area contributed by atoms with Gasteiger partial charge in [-0.2, -0.15) is 0 Å². The lowest BCUT2D eigenvalue weighted by Gasteiger charge is -2.23. The summed E-state index contributed by atoms with van der Waals surface area (Å²) >= 11 is 9.38. The van der Waals surface area contributed by atoms with Crippen molar-refractivity contribution in [2.45, 2.75) is 13.1 Å². The van der Waals surface area contributed by atoms with Crippen molar-refractivity contribution in [1.82, 2.24) is 15.5 Å². The smallest absolute Gasteiger partial charge is 0.388 e. The fourth-order valence-corrected chi connectivity index (χ4v) is 4.77. The molecule has 2 heterocycles. The van der Waals surface area contributed by atoms with E-state index in [9.17, 15) is 14.4 Å². The Hall–Kier alpha value is -4.48. The predicted octanol–water partition coefficient (Wildman–Crippen LogP) is 5.40. The van der Waals surface area contributed by atoms with E-state index in [1.807, 2.05) is 61.5 Å². The lowest BCUT2D eigenvalue weighted by molar-refractivity contribution is -0.120. The van der Waals surface area contributed by atoms with Crippen molar-refractivity contribution in [1.29, 1.82) is 0 Å². The zero-order valence-electron chi connectivity index (χ0n) is 21.0. The molecule has 1 aliphatic rings. The number of anilines is 2. The van der Waals surface area contributed by atoms with Gasteiger partial charge in [0.25, 0.3) is 17.7 Å². The summed E-state index contributed by atoms with van der Waals surface area (Å²) in [6, 6.07) is 23.4. The summed E-state index contributed by atoms with van der Waals surface area (Å²) in [6.45, 7) is 2.21. The summed E-state index contributed by atoms with van der Waals surface area (Å²) in [4.78, 5) is 45.3. The number of hydrogen-bond donors (Lipinski definition) is 3. The molecule has 1 aliphatic heterocycles. The first kappa shape index (κ1) is 27.1. The molecule has 10 nitrogen and oxygen atoms in total. The molecule has 202 valence electrons. The Morgan fingerprint density at radius 3 is 2.50 bits per heavy atom. The van der Waals surface area contributed by atoms with E-state index < -0.39 is 24.1 Å². The van der Waals surface area contributed by atoms with Crippen LogP contribution < -0.4 is 20.3 Å². The number of amides is 3. The molecule has 0 radical (unpaired) electrons. The average molecular weight is 622 g/mol. The second-order valence-electron chi connectivity index (χ2n) is 8.53. The SMILES string of the molecule is CCN1C(=O)C(NC(=O)Oc2n[nH]c(NC(=O)c3ccccc3Cl)c2Br)N=C(c2ccccc2)c2ccccc21. The molecule has 0 spiro atoms. The monoisotopic (exact) mass is 620 g/mol. The number of likely N-dealkylation sites (N-methyl/N-ethyl adjacent to an activating group) is 1. The van der Waals surface area contributed by atoms with Crippen LogP contribution in [0.25, 0.3) is 0 Å². The Morgan fingerprint density at radius 2 is 1.75 bits per heavy atom. The van der Waals surface area contributed by atoms with Crippen molar-refractivity contribution in [2.24, 2.45) is 4.99 Å². The predicted molar refractivity (Wildman–Crippen MR) is 155 cm³/mol. The highest BCUT2D eigenvalue weighted by Crippen LogP contribution is 2.31. The summed E-state index contributed by atoms with van der Waals surface area (Å²) in [6.07, 6.45) is -2.24. The van der Waals surface area contributed by atoms with Crippen LogP contribution in [0.4, 0.5) is 16.3 Å². The molecule has 3 amide bonds. The molecule has 5 rings (SSSR count). The second-order valence-corrected chi connectivity index (χ2v) is 9.73. The number of nitrogens with one attached hydrogen (secondary N) is 3. The molecule has 3 N–H and O–H groups in total. The van der Waals surface area contributed by atoms with Crippen LogP contribution in [0, 0.1) is 0 Å². The van der Waals surface area contributed by atoms with Crippen molar-refractivity contribution in [3.8, 4) is 5.88 Å². The molecule has 0 aliphatic carbocycles. The van der Waals surface area contributed by atoms with E-state index >= 15 is 0 Å². The number of ether oxygens (including phenoxy) is 1. The van der Waals surface area contributed by atoms with Crippen molar-refractivity contribution >= 4 is 62.7 Å². The number of benzodiazepines with no additional fused rings is 1. The van der Waals surface area contributed by atoms with Crippen molar-refractivity contribution in [2.75, 3.05) is 16.8 Å². The maximum absolute atomic E-state index is 13.5. The average Bonchev–Trinajstić information content (AvgIpc) is 3.24. The molecule has 0 saturated heterocycles. The van der Waals surface area contributed by atoms with Gasteiger partial charge in [0.05, 0.1) is 22.0 Å². The van der Waals surface area contributed by atoms with E-state index in [-0.39, 0.29) is 26.8 Å². The zero-order chi connectivity index (χ0) is 28.2. The minimum absolute atomic E-state index is 0.148. The molecule has 1 atom stereocenters. The number of aromatic nitrogens is 2. The topological polar surface area (TPSA) is 129 Å². The van der Waals surface area contributed by atoms with Crippen molar-refractivity contribution in [3.05, 3.63) is 105 Å². The van der Waals surface area contributed by atoms with Gasteiger partial charge in [-0.15, -0.1) is 5.10 Å². The Balaban J connectivity index is 1.38. The fraction of sp³-hybridized carbons (Fsp3) is 0.107. The number of hydrogen-bond acceptors (Lipinski definition) is 6. The highest BCUT2D eigenvalue weighted by Gasteiger charge is 2.33. The maximum atomic E-state index is 13.5. The fourth-order valence-electron chi connectivity index (χ4n) is 4.19. The number of carbonyl (C=O) groups excluding carboxylic acids is 3. The van der Waals surface area contributed by atoms with Gasteiger partial charge >= 0.3 is 6.09 Å². The van der Waals surface area contributed by atoms with E-state index in [0.717, 1.165) is 11.1 Å². The number of H-pyrrole nitrogens is 1. The number of benzene rings is 3. The number of para-hydroxylation sites is 1. The van der Waals surface area contributed by atoms with Gasteiger partial charge in [-0.25, -0.2) is 9.79 Å². The quantitative estimate of drug-likeness (QED) is 0.266.